The molecule has 10 nitrogen and oxygen atoms in total. The van der Waals surface area contributed by atoms with E-state index in [1.807, 2.05) is 29.9 Å². The lowest BCUT2D eigenvalue weighted by Gasteiger charge is -2.28. The maximum Gasteiger partial charge on any atom is 0.271 e. The number of amides is 1. The Morgan fingerprint density at radius 1 is 1.20 bits per heavy atom. The van der Waals surface area contributed by atoms with E-state index in [0.29, 0.717) is 23.5 Å². The third-order valence-corrected chi connectivity index (χ3v) is 8.49. The van der Waals surface area contributed by atoms with Gasteiger partial charge in [-0.3, -0.25) is 9.89 Å². The Morgan fingerprint density at radius 3 is 2.75 bits per heavy atom. The number of hydrogen-bond donors (Lipinski definition) is 2. The second kappa shape index (κ2) is 9.48. The molecule has 5 aromatic heterocycles. The average Bonchev–Trinajstić information content (AvgIpc) is 3.68. The van der Waals surface area contributed by atoms with Crippen LogP contribution in [0.4, 0.5) is 5.82 Å². The molecule has 1 aliphatic carbocycles. The summed E-state index contributed by atoms with van der Waals surface area (Å²) in [6.07, 6.45) is 9.03. The summed E-state index contributed by atoms with van der Waals surface area (Å²) in [7, 11) is 0. The first-order chi connectivity index (χ1) is 19.4. The normalized spacial score (nSPS) is 22.2. The van der Waals surface area contributed by atoms with Crippen LogP contribution in [0.25, 0.3) is 27.7 Å². The van der Waals surface area contributed by atoms with Crippen molar-refractivity contribution in [3.63, 3.8) is 0 Å². The zero-order chi connectivity index (χ0) is 27.4. The summed E-state index contributed by atoms with van der Waals surface area (Å²) in [6, 6.07) is 9.66. The summed E-state index contributed by atoms with van der Waals surface area (Å²) < 4.78 is 7.66. The van der Waals surface area contributed by atoms with Crippen molar-refractivity contribution in [3.8, 4) is 16.9 Å². The summed E-state index contributed by atoms with van der Waals surface area (Å²) in [5.74, 6) is 2.46. The Balaban J connectivity index is 1.08. The van der Waals surface area contributed by atoms with Gasteiger partial charge >= 0.3 is 0 Å². The third kappa shape index (κ3) is 4.23. The summed E-state index contributed by atoms with van der Waals surface area (Å²) in [5, 5.41) is 16.3. The fourth-order valence-corrected chi connectivity index (χ4v) is 6.76. The molecule has 0 bridgehead atoms. The van der Waals surface area contributed by atoms with Crippen molar-refractivity contribution in [2.24, 2.45) is 11.8 Å². The molecule has 0 radical (unpaired) electrons. The molecule has 7 rings (SSSR count). The van der Waals surface area contributed by atoms with Gasteiger partial charge in [-0.2, -0.15) is 5.10 Å². The smallest absolute Gasteiger partial charge is 0.271 e. The first kappa shape index (κ1) is 24.8. The van der Waals surface area contributed by atoms with Crippen molar-refractivity contribution in [3.05, 3.63) is 65.8 Å². The zero-order valence-corrected chi connectivity index (χ0v) is 23.0. The van der Waals surface area contributed by atoms with E-state index < -0.39 is 0 Å². The van der Waals surface area contributed by atoms with E-state index in [0.717, 1.165) is 65.2 Å². The number of carbonyl (C=O) groups excluding carboxylic acids is 1. The molecule has 5 aromatic rings. The highest BCUT2D eigenvalue weighted by Crippen LogP contribution is 2.45. The Hall–Kier alpha value is -4.18. The Bertz CT molecular complexity index is 1720. The number of nitrogens with zero attached hydrogens (tertiary/aromatic N) is 6. The number of aromatic amines is 1. The Morgan fingerprint density at radius 2 is 2.02 bits per heavy atom. The molecular formula is C29H29ClN8O2. The van der Waals surface area contributed by atoms with Crippen LogP contribution >= 0.6 is 11.6 Å². The largest absolute Gasteiger partial charge is 0.492 e. The summed E-state index contributed by atoms with van der Waals surface area (Å²) in [6.45, 7) is 6.49. The van der Waals surface area contributed by atoms with Crippen molar-refractivity contribution >= 4 is 39.9 Å². The molecular weight excluding hydrogens is 528 g/mol. The molecule has 0 aromatic carbocycles. The summed E-state index contributed by atoms with van der Waals surface area (Å²) in [5.41, 5.74) is 3.67. The number of anilines is 1. The van der Waals surface area contributed by atoms with E-state index in [1.54, 1.807) is 24.5 Å². The molecule has 1 saturated carbocycles. The number of rotatable bonds is 6. The van der Waals surface area contributed by atoms with E-state index in [4.69, 9.17) is 21.3 Å². The van der Waals surface area contributed by atoms with Crippen molar-refractivity contribution in [1.82, 2.24) is 35.1 Å². The minimum Gasteiger partial charge on any atom is -0.492 e. The lowest BCUT2D eigenvalue weighted by molar-refractivity contribution is 0.0900. The van der Waals surface area contributed by atoms with E-state index in [1.165, 1.54) is 0 Å². The van der Waals surface area contributed by atoms with Crippen LogP contribution < -0.4 is 15.0 Å². The number of pyridine rings is 3. The van der Waals surface area contributed by atoms with E-state index >= 15 is 0 Å². The van der Waals surface area contributed by atoms with Crippen molar-refractivity contribution in [2.75, 3.05) is 24.6 Å². The van der Waals surface area contributed by atoms with Crippen LogP contribution in [0.5, 0.6) is 5.75 Å². The average molecular weight is 557 g/mol. The standard InChI is InChI=1S/C29H29ClN8O2/c1-3-40-20-9-21(26-22-13-33-35-27(22)36-38(26)16-20)17-6-7-24(32-12-17)37-14-18-10-29(2,11-19(18)15-37)34-28(39)25-23(30)5-4-8-31-25/h4-9,12-13,16,18-19H,3,10-11,14-15H2,1-2H3,(H,34,39)(H,35,36)/t18-,19+,29?. The van der Waals surface area contributed by atoms with Crippen molar-refractivity contribution in [2.45, 2.75) is 32.2 Å². The van der Waals surface area contributed by atoms with Crippen LogP contribution in [0.15, 0.2) is 55.1 Å². The van der Waals surface area contributed by atoms with Gasteiger partial charge < -0.3 is 15.0 Å². The van der Waals surface area contributed by atoms with Crippen LogP contribution in [0, 0.1) is 11.8 Å². The van der Waals surface area contributed by atoms with E-state index in [9.17, 15) is 4.79 Å². The molecule has 204 valence electrons. The monoisotopic (exact) mass is 556 g/mol. The van der Waals surface area contributed by atoms with Gasteiger partial charge in [0.05, 0.1) is 34.9 Å². The van der Waals surface area contributed by atoms with E-state index in [-0.39, 0.29) is 17.1 Å². The SMILES string of the molecule is CCOc1cc(-c2ccc(N3C[C@@H]4CC(C)(NC(=O)c5ncccc5Cl)C[C@@H]4C3)nc2)c2c3cn[nH]c3nn2c1. The number of nitrogens with one attached hydrogen (secondary N) is 2. The van der Waals surface area contributed by atoms with Gasteiger partial charge in [0.15, 0.2) is 5.65 Å². The van der Waals surface area contributed by atoms with E-state index in [2.05, 4.69) is 49.6 Å². The highest BCUT2D eigenvalue weighted by molar-refractivity contribution is 6.33. The third-order valence-electron chi connectivity index (χ3n) is 8.19. The van der Waals surface area contributed by atoms with Crippen LogP contribution in [0.2, 0.25) is 5.02 Å². The molecule has 6 heterocycles. The minimum atomic E-state index is -0.281. The van der Waals surface area contributed by atoms with Gasteiger partial charge in [0, 0.05) is 42.1 Å². The zero-order valence-electron chi connectivity index (χ0n) is 22.3. The van der Waals surface area contributed by atoms with Gasteiger partial charge in [0.2, 0.25) is 0 Å². The van der Waals surface area contributed by atoms with Crippen LogP contribution in [0.1, 0.15) is 37.2 Å². The van der Waals surface area contributed by atoms with Crippen LogP contribution in [0.3, 0.4) is 0 Å². The molecule has 0 spiro atoms. The molecule has 2 fully saturated rings. The van der Waals surface area contributed by atoms with Crippen molar-refractivity contribution in [1.29, 1.82) is 0 Å². The number of aromatic nitrogens is 6. The van der Waals surface area contributed by atoms with Crippen molar-refractivity contribution < 1.29 is 9.53 Å². The maximum atomic E-state index is 12.9. The van der Waals surface area contributed by atoms with Gasteiger partial charge in [0.1, 0.15) is 17.3 Å². The molecule has 11 heteroatoms. The molecule has 40 heavy (non-hydrogen) atoms. The second-order valence-electron chi connectivity index (χ2n) is 11.0. The Kier molecular flexibility index (Phi) is 5.88. The lowest BCUT2D eigenvalue weighted by atomic mass is 9.97. The lowest BCUT2D eigenvalue weighted by Crippen LogP contribution is -2.45. The summed E-state index contributed by atoms with van der Waals surface area (Å²) >= 11 is 6.20. The topological polar surface area (TPSA) is 113 Å². The highest BCUT2D eigenvalue weighted by atomic mass is 35.5. The molecule has 3 atom stereocenters. The van der Waals surface area contributed by atoms with Gasteiger partial charge in [-0.1, -0.05) is 11.6 Å². The first-order valence-corrected chi connectivity index (χ1v) is 13.9. The summed E-state index contributed by atoms with van der Waals surface area (Å²) in [4.78, 5) is 24.3. The maximum absolute atomic E-state index is 12.9. The van der Waals surface area contributed by atoms with Gasteiger partial charge in [0.25, 0.3) is 5.91 Å². The van der Waals surface area contributed by atoms with Crippen LogP contribution in [-0.2, 0) is 0 Å². The highest BCUT2D eigenvalue weighted by Gasteiger charge is 2.47. The Labute approximate surface area is 235 Å². The van der Waals surface area contributed by atoms with Crippen LogP contribution in [-0.4, -0.2) is 60.9 Å². The minimum absolute atomic E-state index is 0.212. The number of hydrogen-bond acceptors (Lipinski definition) is 7. The molecule has 2 N–H and O–H groups in total. The number of carbonyl (C=O) groups is 1. The fraction of sp³-hybridized carbons (Fsp3) is 0.345. The number of H-pyrrole nitrogens is 1. The molecule has 1 aliphatic heterocycles. The first-order valence-electron chi connectivity index (χ1n) is 13.5. The number of fused-ring (bicyclic) bond motifs is 4. The molecule has 2 aliphatic rings. The van der Waals surface area contributed by atoms with Gasteiger partial charge in [-0.25, -0.2) is 14.5 Å². The fourth-order valence-electron chi connectivity index (χ4n) is 6.56. The quantitative estimate of drug-likeness (QED) is 0.310. The van der Waals surface area contributed by atoms with Gasteiger partial charge in [-0.15, -0.1) is 5.10 Å². The second-order valence-corrected chi connectivity index (χ2v) is 11.4. The predicted octanol–water partition coefficient (Wildman–Crippen LogP) is 4.75. The predicted molar refractivity (Wildman–Crippen MR) is 153 cm³/mol. The number of ether oxygens (including phenoxy) is 1. The molecule has 1 saturated heterocycles. The number of halogens is 1. The molecule has 1 amide bonds. The van der Waals surface area contributed by atoms with Gasteiger partial charge in [-0.05, 0) is 68.9 Å². The molecule has 1 unspecified atom stereocenters.